The van der Waals surface area contributed by atoms with Crippen LogP contribution < -0.4 is 4.74 Å². The third-order valence-electron chi connectivity index (χ3n) is 3.03. The monoisotopic (exact) mass is 362 g/mol. The van der Waals surface area contributed by atoms with Crippen molar-refractivity contribution >= 4 is 23.4 Å². The van der Waals surface area contributed by atoms with E-state index < -0.39 is 11.9 Å². The van der Waals surface area contributed by atoms with Gasteiger partial charge in [0.2, 0.25) is 0 Å². The van der Waals surface area contributed by atoms with E-state index in [1.165, 1.54) is 0 Å². The van der Waals surface area contributed by atoms with Gasteiger partial charge in [0.25, 0.3) is 0 Å². The smallest absolute Gasteiger partial charge is 0.433 e. The van der Waals surface area contributed by atoms with Crippen LogP contribution >= 0.6 is 23.4 Å². The highest BCUT2D eigenvalue weighted by Gasteiger charge is 2.32. The van der Waals surface area contributed by atoms with Crippen LogP contribution in [0.15, 0.2) is 29.6 Å². The van der Waals surface area contributed by atoms with Crippen molar-refractivity contribution in [3.05, 3.63) is 46.2 Å². The normalized spacial score (nSPS) is 14.3. The van der Waals surface area contributed by atoms with Gasteiger partial charge in [-0.3, -0.25) is 0 Å². The summed E-state index contributed by atoms with van der Waals surface area (Å²) in [5.74, 6) is 0.990. The Morgan fingerprint density at radius 1 is 1.30 bits per heavy atom. The van der Waals surface area contributed by atoms with Crippen LogP contribution in [0.1, 0.15) is 16.8 Å². The van der Waals surface area contributed by atoms with Crippen molar-refractivity contribution in [3.63, 3.8) is 0 Å². The third-order valence-corrected chi connectivity index (χ3v) is 4.16. The number of nitrogens with zero attached hydrogens (tertiary/aromatic N) is 2. The molecule has 0 bridgehead atoms. The van der Waals surface area contributed by atoms with Crippen LogP contribution in [0.2, 0.25) is 5.02 Å². The average Bonchev–Trinajstić information content (AvgIpc) is 2.52. The van der Waals surface area contributed by atoms with Gasteiger partial charge in [-0.2, -0.15) is 13.2 Å². The van der Waals surface area contributed by atoms with Crippen LogP contribution in [0, 0.1) is 0 Å². The molecule has 0 saturated heterocycles. The van der Waals surface area contributed by atoms with Gasteiger partial charge in [0.05, 0.1) is 6.61 Å². The summed E-state index contributed by atoms with van der Waals surface area (Å²) in [7, 11) is 0. The van der Waals surface area contributed by atoms with Crippen molar-refractivity contribution < 1.29 is 22.6 Å². The summed E-state index contributed by atoms with van der Waals surface area (Å²) in [5.41, 5.74) is 0.610. The van der Waals surface area contributed by atoms with E-state index >= 15 is 0 Å². The number of alkyl halides is 3. The molecule has 0 N–H and O–H groups in total. The maximum atomic E-state index is 12.7. The first-order valence-electron chi connectivity index (χ1n) is 6.48. The van der Waals surface area contributed by atoms with Crippen LogP contribution in [-0.2, 0) is 23.3 Å². The van der Waals surface area contributed by atoms with Crippen molar-refractivity contribution in [1.29, 1.82) is 0 Å². The van der Waals surface area contributed by atoms with Gasteiger partial charge >= 0.3 is 6.18 Å². The number of hydrogen-bond acceptors (Lipinski definition) is 5. The van der Waals surface area contributed by atoms with Gasteiger partial charge in [-0.25, -0.2) is 9.97 Å². The van der Waals surface area contributed by atoms with Gasteiger partial charge in [0.15, 0.2) is 11.9 Å². The lowest BCUT2D eigenvalue weighted by Crippen LogP contribution is -2.13. The summed E-state index contributed by atoms with van der Waals surface area (Å²) in [4.78, 5) is 7.38. The number of benzene rings is 1. The minimum atomic E-state index is -4.49. The van der Waals surface area contributed by atoms with Crippen LogP contribution in [0.4, 0.5) is 13.2 Å². The van der Waals surface area contributed by atoms with E-state index in [9.17, 15) is 13.2 Å². The predicted molar refractivity (Wildman–Crippen MR) is 78.3 cm³/mol. The summed E-state index contributed by atoms with van der Waals surface area (Å²) < 4.78 is 48.6. The van der Waals surface area contributed by atoms with E-state index in [1.807, 2.05) is 0 Å². The fraction of sp³-hybridized carbons (Fsp3) is 0.286. The highest BCUT2D eigenvalue weighted by atomic mass is 35.5. The highest BCUT2D eigenvalue weighted by Crippen LogP contribution is 2.35. The minimum absolute atomic E-state index is 0.0422. The lowest BCUT2D eigenvalue weighted by Gasteiger charge is -2.20. The molecule has 2 heterocycles. The fourth-order valence-corrected chi connectivity index (χ4v) is 3.14. The molecule has 0 amide bonds. The molecule has 0 aliphatic carbocycles. The average molecular weight is 363 g/mol. The van der Waals surface area contributed by atoms with Crippen LogP contribution in [0.3, 0.4) is 0 Å². The zero-order chi connectivity index (χ0) is 16.4. The van der Waals surface area contributed by atoms with Crippen LogP contribution in [0.5, 0.6) is 5.75 Å². The first-order chi connectivity index (χ1) is 10.9. The number of fused-ring (bicyclic) bond motifs is 1. The summed E-state index contributed by atoms with van der Waals surface area (Å²) in [6.45, 7) is 0.514. The molecule has 9 heteroatoms. The standard InChI is InChI=1S/C14H10ClF3N2O2S/c15-10-3-8-5-21-7-22-12(8)9(4-10)6-23-13-19-2-1-11(20-13)14(16,17)18/h1-4H,5-7H2. The Hall–Kier alpha value is -1.51. The predicted octanol–water partition coefficient (Wildman–Crippen LogP) is 4.31. The van der Waals surface area contributed by atoms with Crippen molar-refractivity contribution in [2.75, 3.05) is 6.79 Å². The molecule has 122 valence electrons. The quantitative estimate of drug-likeness (QED) is 0.601. The second-order valence-corrected chi connectivity index (χ2v) is 6.05. The first kappa shape index (κ1) is 16.4. The molecule has 1 aromatic heterocycles. The van der Waals surface area contributed by atoms with Gasteiger partial charge in [0, 0.05) is 28.1 Å². The number of aromatic nitrogens is 2. The Balaban J connectivity index is 1.80. The van der Waals surface area contributed by atoms with Crippen molar-refractivity contribution in [2.24, 2.45) is 0 Å². The van der Waals surface area contributed by atoms with Crippen molar-refractivity contribution in [1.82, 2.24) is 9.97 Å². The Bertz CT molecular complexity index is 728. The molecule has 0 spiro atoms. The molecule has 0 atom stereocenters. The summed E-state index contributed by atoms with van der Waals surface area (Å²) in [5, 5.41) is 0.555. The summed E-state index contributed by atoms with van der Waals surface area (Å²) >= 11 is 7.13. The second kappa shape index (κ2) is 6.54. The number of ether oxygens (including phenoxy) is 2. The van der Waals surface area contributed by atoms with Crippen molar-refractivity contribution in [2.45, 2.75) is 23.7 Å². The van der Waals surface area contributed by atoms with E-state index in [1.54, 1.807) is 12.1 Å². The van der Waals surface area contributed by atoms with Crippen LogP contribution in [-0.4, -0.2) is 16.8 Å². The molecule has 0 fully saturated rings. The molecule has 23 heavy (non-hydrogen) atoms. The summed E-state index contributed by atoms with van der Waals surface area (Å²) in [6.07, 6.45) is -3.40. The lowest BCUT2D eigenvalue weighted by atomic mass is 10.1. The zero-order valence-corrected chi connectivity index (χ0v) is 13.1. The number of rotatable bonds is 3. The van der Waals surface area contributed by atoms with E-state index in [-0.39, 0.29) is 11.9 Å². The van der Waals surface area contributed by atoms with Gasteiger partial charge in [-0.05, 0) is 18.2 Å². The van der Waals surface area contributed by atoms with E-state index in [2.05, 4.69) is 9.97 Å². The maximum Gasteiger partial charge on any atom is 0.433 e. The molecule has 0 saturated carbocycles. The van der Waals surface area contributed by atoms with Crippen molar-refractivity contribution in [3.8, 4) is 5.75 Å². The van der Waals surface area contributed by atoms with E-state index in [4.69, 9.17) is 21.1 Å². The van der Waals surface area contributed by atoms with Crippen LogP contribution in [0.25, 0.3) is 0 Å². The molecule has 1 aliphatic heterocycles. The van der Waals surface area contributed by atoms with Gasteiger partial charge < -0.3 is 9.47 Å². The van der Waals surface area contributed by atoms with Gasteiger partial charge in [-0.15, -0.1) is 0 Å². The molecule has 0 radical (unpaired) electrons. The molecule has 1 aliphatic rings. The number of halogens is 4. The largest absolute Gasteiger partial charge is 0.467 e. The molecular formula is C14H10ClF3N2O2S. The molecular weight excluding hydrogens is 353 g/mol. The summed E-state index contributed by atoms with van der Waals surface area (Å²) in [6, 6.07) is 4.29. The molecule has 1 aromatic carbocycles. The van der Waals surface area contributed by atoms with E-state index in [0.29, 0.717) is 23.1 Å². The maximum absolute atomic E-state index is 12.7. The molecule has 3 rings (SSSR count). The van der Waals surface area contributed by atoms with Gasteiger partial charge in [0.1, 0.15) is 11.4 Å². The third kappa shape index (κ3) is 3.88. The Kier molecular flexibility index (Phi) is 4.65. The van der Waals surface area contributed by atoms with Gasteiger partial charge in [-0.1, -0.05) is 23.4 Å². The SMILES string of the molecule is FC(F)(F)c1ccnc(SCc2cc(Cl)cc3c2OCOC3)n1. The first-order valence-corrected chi connectivity index (χ1v) is 7.85. The van der Waals surface area contributed by atoms with E-state index in [0.717, 1.165) is 35.2 Å². The zero-order valence-electron chi connectivity index (χ0n) is 11.6. The highest BCUT2D eigenvalue weighted by molar-refractivity contribution is 7.98. The number of thioether (sulfide) groups is 1. The minimum Gasteiger partial charge on any atom is -0.467 e. The molecule has 0 unspecified atom stereocenters. The second-order valence-electron chi connectivity index (χ2n) is 4.67. The lowest BCUT2D eigenvalue weighted by molar-refractivity contribution is -0.141. The molecule has 4 nitrogen and oxygen atoms in total. The number of hydrogen-bond donors (Lipinski definition) is 0. The molecule has 2 aromatic rings. The fourth-order valence-electron chi connectivity index (χ4n) is 2.07. The Morgan fingerprint density at radius 2 is 2.13 bits per heavy atom. The Labute approximate surface area is 139 Å². The Morgan fingerprint density at radius 3 is 2.91 bits per heavy atom. The topological polar surface area (TPSA) is 44.2 Å².